The Bertz CT molecular complexity index is 1160. The van der Waals surface area contributed by atoms with Crippen LogP contribution in [-0.2, 0) is 27.4 Å². The van der Waals surface area contributed by atoms with Gasteiger partial charge < -0.3 is 14.0 Å². The van der Waals surface area contributed by atoms with Crippen molar-refractivity contribution in [3.05, 3.63) is 56.8 Å². The quantitative estimate of drug-likeness (QED) is 0.557. The van der Waals surface area contributed by atoms with Crippen LogP contribution in [0.4, 0.5) is 4.39 Å². The van der Waals surface area contributed by atoms with E-state index in [0.717, 1.165) is 6.07 Å². The normalized spacial score (nSPS) is 10.9. The fourth-order valence-corrected chi connectivity index (χ4v) is 2.89. The van der Waals surface area contributed by atoms with E-state index in [-0.39, 0.29) is 35.7 Å². The van der Waals surface area contributed by atoms with Gasteiger partial charge in [0, 0.05) is 11.6 Å². The van der Waals surface area contributed by atoms with Crippen LogP contribution in [0.2, 0.25) is 5.02 Å². The molecule has 0 N–H and O–H groups in total. The van der Waals surface area contributed by atoms with E-state index < -0.39 is 23.2 Å². The summed E-state index contributed by atoms with van der Waals surface area (Å²) in [7, 11) is 1.26. The number of fused-ring (bicyclic) bond motifs is 1. The Kier molecular flexibility index (Phi) is 5.92. The smallest absolute Gasteiger partial charge is 0.343 e. The van der Waals surface area contributed by atoms with Crippen LogP contribution in [0, 0.1) is 5.82 Å². The molecular formula is C18H16ClFN4O5. The van der Waals surface area contributed by atoms with E-state index in [1.54, 1.807) is 6.92 Å². The summed E-state index contributed by atoms with van der Waals surface area (Å²) < 4.78 is 26.3. The van der Waals surface area contributed by atoms with Crippen LogP contribution >= 0.6 is 11.6 Å². The van der Waals surface area contributed by atoms with Gasteiger partial charge in [-0.1, -0.05) is 16.8 Å². The highest BCUT2D eigenvalue weighted by Gasteiger charge is 2.19. The first-order chi connectivity index (χ1) is 13.8. The Hall–Kier alpha value is -3.27. The molecule has 0 aliphatic carbocycles. The number of carbonyl (C=O) groups is 2. The number of ether oxygens (including phenoxy) is 2. The molecule has 2 aromatic heterocycles. The number of aromatic nitrogens is 4. The zero-order valence-corrected chi connectivity index (χ0v) is 16.3. The highest BCUT2D eigenvalue weighted by molar-refractivity contribution is 6.31. The summed E-state index contributed by atoms with van der Waals surface area (Å²) in [5.41, 5.74) is -0.186. The van der Waals surface area contributed by atoms with E-state index in [1.165, 1.54) is 34.8 Å². The van der Waals surface area contributed by atoms with Gasteiger partial charge in [-0.05, 0) is 19.1 Å². The maximum absolute atomic E-state index is 14.0. The minimum absolute atomic E-state index is 0.0283. The van der Waals surface area contributed by atoms with E-state index in [2.05, 4.69) is 15.0 Å². The van der Waals surface area contributed by atoms with Gasteiger partial charge in [0.1, 0.15) is 23.6 Å². The van der Waals surface area contributed by atoms with Crippen molar-refractivity contribution in [2.75, 3.05) is 13.7 Å². The summed E-state index contributed by atoms with van der Waals surface area (Å²) in [4.78, 5) is 36.2. The summed E-state index contributed by atoms with van der Waals surface area (Å²) >= 11 is 5.88. The van der Waals surface area contributed by atoms with E-state index in [1.807, 2.05) is 0 Å². The maximum Gasteiger partial charge on any atom is 0.343 e. The molecule has 0 aliphatic heterocycles. The summed E-state index contributed by atoms with van der Waals surface area (Å²) in [5, 5.41) is 7.59. The summed E-state index contributed by atoms with van der Waals surface area (Å²) in [6.07, 6.45) is 2.81. The van der Waals surface area contributed by atoms with E-state index in [0.29, 0.717) is 11.2 Å². The van der Waals surface area contributed by atoms with Crippen LogP contribution in [0.5, 0.6) is 0 Å². The first kappa shape index (κ1) is 20.5. The van der Waals surface area contributed by atoms with Gasteiger partial charge in [-0.3, -0.25) is 9.59 Å². The molecule has 0 saturated heterocycles. The van der Waals surface area contributed by atoms with Crippen molar-refractivity contribution in [3.8, 4) is 0 Å². The average molecular weight is 423 g/mol. The van der Waals surface area contributed by atoms with Gasteiger partial charge in [0.15, 0.2) is 0 Å². The lowest BCUT2D eigenvalue weighted by molar-refractivity contribution is -0.141. The summed E-state index contributed by atoms with van der Waals surface area (Å²) in [5.74, 6) is -2.10. The van der Waals surface area contributed by atoms with Crippen molar-refractivity contribution in [3.63, 3.8) is 0 Å². The number of esters is 2. The highest BCUT2D eigenvalue weighted by atomic mass is 35.5. The van der Waals surface area contributed by atoms with Crippen molar-refractivity contribution in [1.29, 1.82) is 0 Å². The van der Waals surface area contributed by atoms with Crippen LogP contribution in [0.15, 0.2) is 29.3 Å². The van der Waals surface area contributed by atoms with Crippen molar-refractivity contribution in [1.82, 2.24) is 19.6 Å². The van der Waals surface area contributed by atoms with Gasteiger partial charge in [0.05, 0.1) is 37.0 Å². The Morgan fingerprint density at radius 2 is 2.03 bits per heavy atom. The third kappa shape index (κ3) is 4.27. The number of pyridine rings is 1. The van der Waals surface area contributed by atoms with Gasteiger partial charge in [-0.2, -0.15) is 0 Å². The number of halogens is 2. The fraction of sp³-hybridized carbons (Fsp3) is 0.278. The van der Waals surface area contributed by atoms with Gasteiger partial charge >= 0.3 is 11.9 Å². The van der Waals surface area contributed by atoms with E-state index in [9.17, 15) is 18.8 Å². The van der Waals surface area contributed by atoms with Crippen LogP contribution in [0.1, 0.15) is 23.0 Å². The number of benzene rings is 1. The Balaban J connectivity index is 2.09. The lowest BCUT2D eigenvalue weighted by atomic mass is 10.1. The monoisotopic (exact) mass is 422 g/mol. The lowest BCUT2D eigenvalue weighted by Gasteiger charge is -2.12. The molecule has 11 heteroatoms. The molecule has 0 aliphatic rings. The fourth-order valence-electron chi connectivity index (χ4n) is 2.73. The minimum atomic E-state index is -0.821. The molecule has 0 spiro atoms. The Morgan fingerprint density at radius 3 is 2.72 bits per heavy atom. The van der Waals surface area contributed by atoms with Crippen LogP contribution < -0.4 is 5.43 Å². The van der Waals surface area contributed by atoms with E-state index >= 15 is 0 Å². The molecule has 3 aromatic rings. The second-order valence-corrected chi connectivity index (χ2v) is 6.39. The molecule has 2 heterocycles. The topological polar surface area (TPSA) is 105 Å². The van der Waals surface area contributed by atoms with Gasteiger partial charge in [-0.15, -0.1) is 5.10 Å². The predicted octanol–water partition coefficient (Wildman–Crippen LogP) is 1.78. The second kappa shape index (κ2) is 8.39. The first-order valence-electron chi connectivity index (χ1n) is 8.49. The van der Waals surface area contributed by atoms with Crippen molar-refractivity contribution < 1.29 is 23.5 Å². The van der Waals surface area contributed by atoms with Crippen LogP contribution in [-0.4, -0.2) is 45.2 Å². The van der Waals surface area contributed by atoms with Crippen molar-refractivity contribution >= 4 is 34.4 Å². The molecule has 0 fully saturated rings. The third-order valence-electron chi connectivity index (χ3n) is 4.05. The van der Waals surface area contributed by atoms with Gasteiger partial charge in [-0.25, -0.2) is 13.9 Å². The molecule has 0 unspecified atom stereocenters. The molecule has 0 saturated carbocycles. The van der Waals surface area contributed by atoms with Gasteiger partial charge in [0.25, 0.3) is 0 Å². The zero-order valence-electron chi connectivity index (χ0n) is 15.5. The SMILES string of the molecule is CCOC(=O)c1cn(Cc2cn(CC(=O)OC)nn2)c2cc(Cl)c(F)cc2c1=O. The number of nitrogens with zero attached hydrogens (tertiary/aromatic N) is 4. The van der Waals surface area contributed by atoms with Gasteiger partial charge in [0.2, 0.25) is 5.43 Å². The zero-order chi connectivity index (χ0) is 21.1. The number of carbonyl (C=O) groups excluding carboxylic acids is 2. The molecule has 0 bridgehead atoms. The number of rotatable bonds is 6. The molecule has 0 radical (unpaired) electrons. The lowest BCUT2D eigenvalue weighted by Crippen LogP contribution is -2.21. The average Bonchev–Trinajstić information content (AvgIpc) is 3.12. The van der Waals surface area contributed by atoms with E-state index in [4.69, 9.17) is 16.3 Å². The molecule has 9 nitrogen and oxygen atoms in total. The summed E-state index contributed by atoms with van der Waals surface area (Å²) in [6.45, 7) is 1.63. The molecule has 152 valence electrons. The Morgan fingerprint density at radius 1 is 1.28 bits per heavy atom. The highest BCUT2D eigenvalue weighted by Crippen LogP contribution is 2.22. The van der Waals surface area contributed by atoms with Crippen molar-refractivity contribution in [2.24, 2.45) is 0 Å². The van der Waals surface area contributed by atoms with Crippen LogP contribution in [0.3, 0.4) is 0 Å². The molecule has 0 atom stereocenters. The molecular weight excluding hydrogens is 407 g/mol. The molecule has 0 amide bonds. The van der Waals surface area contributed by atoms with Crippen molar-refractivity contribution in [2.45, 2.75) is 20.0 Å². The summed E-state index contributed by atoms with van der Waals surface area (Å²) in [6, 6.07) is 2.27. The largest absolute Gasteiger partial charge is 0.468 e. The number of methoxy groups -OCH3 is 1. The number of hydrogen-bond donors (Lipinski definition) is 0. The first-order valence-corrected chi connectivity index (χ1v) is 8.87. The third-order valence-corrected chi connectivity index (χ3v) is 4.34. The molecule has 29 heavy (non-hydrogen) atoms. The van der Waals surface area contributed by atoms with Crippen LogP contribution in [0.25, 0.3) is 10.9 Å². The predicted molar refractivity (Wildman–Crippen MR) is 100 cm³/mol. The molecule has 1 aromatic carbocycles. The second-order valence-electron chi connectivity index (χ2n) is 5.99. The minimum Gasteiger partial charge on any atom is -0.468 e. The molecule has 3 rings (SSSR count). The number of hydrogen-bond acceptors (Lipinski definition) is 7. The standard InChI is InChI=1S/C18H16ClFN4O5/c1-3-29-18(27)12-8-23(6-10-7-24(22-21-10)9-16(25)28-2)15-5-13(19)14(20)4-11(15)17(12)26/h4-5,7-8H,3,6,9H2,1-2H3. The Labute approximate surface area is 168 Å². The maximum atomic E-state index is 14.0.